The highest BCUT2D eigenvalue weighted by molar-refractivity contribution is 5.97. The second kappa shape index (κ2) is 7.68. The number of carboxylic acid groups (broad SMARTS) is 1. The van der Waals surface area contributed by atoms with Gasteiger partial charge in [-0.25, -0.2) is 0 Å². The normalized spacial score (nSPS) is 10.3. The average Bonchev–Trinajstić information content (AvgIpc) is 2.31. The van der Waals surface area contributed by atoms with Gasteiger partial charge < -0.3 is 10.4 Å². The number of aliphatic carboxylic acids is 1. The second-order valence-electron chi connectivity index (χ2n) is 5.23. The Hall–Kier alpha value is -1.84. The van der Waals surface area contributed by atoms with Crippen LogP contribution in [0.2, 0.25) is 0 Å². The molecule has 0 unspecified atom stereocenters. The van der Waals surface area contributed by atoms with E-state index in [1.54, 1.807) is 0 Å². The third-order valence-corrected chi connectivity index (χ3v) is 3.26. The highest BCUT2D eigenvalue weighted by Gasteiger charge is 2.11. The number of unbranched alkanes of at least 4 members (excludes halogenated alkanes) is 2. The van der Waals surface area contributed by atoms with Gasteiger partial charge in [0.15, 0.2) is 0 Å². The summed E-state index contributed by atoms with van der Waals surface area (Å²) in [5.41, 5.74) is 3.89. The van der Waals surface area contributed by atoms with Crippen molar-refractivity contribution in [3.63, 3.8) is 0 Å². The highest BCUT2D eigenvalue weighted by Crippen LogP contribution is 2.16. The lowest BCUT2D eigenvalue weighted by atomic mass is 9.99. The van der Waals surface area contributed by atoms with Crippen molar-refractivity contribution in [2.24, 2.45) is 0 Å². The summed E-state index contributed by atoms with van der Waals surface area (Å²) in [6.07, 6.45) is 2.49. The van der Waals surface area contributed by atoms with Gasteiger partial charge in [-0.1, -0.05) is 24.1 Å². The molecule has 4 heteroatoms. The number of rotatable bonds is 7. The SMILES string of the molecule is Cc1cc(C)c(C(=O)NCCCCCC(=O)O)c(C)c1. The van der Waals surface area contributed by atoms with Crippen LogP contribution >= 0.6 is 0 Å². The molecule has 0 heterocycles. The summed E-state index contributed by atoms with van der Waals surface area (Å²) in [7, 11) is 0. The van der Waals surface area contributed by atoms with Gasteiger partial charge in [0.1, 0.15) is 0 Å². The number of hydrogen-bond acceptors (Lipinski definition) is 2. The molecule has 1 rings (SSSR count). The van der Waals surface area contributed by atoms with E-state index >= 15 is 0 Å². The number of benzene rings is 1. The molecule has 0 fully saturated rings. The maximum atomic E-state index is 12.1. The van der Waals surface area contributed by atoms with Crippen LogP contribution < -0.4 is 5.32 Å². The molecule has 0 saturated carbocycles. The van der Waals surface area contributed by atoms with Gasteiger partial charge in [-0.15, -0.1) is 0 Å². The minimum Gasteiger partial charge on any atom is -0.481 e. The molecule has 110 valence electrons. The van der Waals surface area contributed by atoms with Crippen molar-refractivity contribution in [2.75, 3.05) is 6.54 Å². The van der Waals surface area contributed by atoms with Crippen LogP contribution in [0.5, 0.6) is 0 Å². The summed E-state index contributed by atoms with van der Waals surface area (Å²) in [6.45, 7) is 6.50. The molecule has 0 aliphatic rings. The largest absolute Gasteiger partial charge is 0.481 e. The number of carbonyl (C=O) groups excluding carboxylic acids is 1. The predicted octanol–water partition coefficient (Wildman–Crippen LogP) is 2.99. The minimum atomic E-state index is -0.764. The average molecular weight is 277 g/mol. The summed E-state index contributed by atoms with van der Waals surface area (Å²) in [5.74, 6) is -0.807. The molecular weight excluding hydrogens is 254 g/mol. The molecule has 0 radical (unpaired) electrons. The lowest BCUT2D eigenvalue weighted by molar-refractivity contribution is -0.137. The van der Waals surface area contributed by atoms with E-state index in [0.717, 1.165) is 35.1 Å². The van der Waals surface area contributed by atoms with Crippen molar-refractivity contribution in [1.82, 2.24) is 5.32 Å². The first-order chi connectivity index (χ1) is 9.41. The molecule has 0 bridgehead atoms. The van der Waals surface area contributed by atoms with Crippen molar-refractivity contribution in [3.05, 3.63) is 34.4 Å². The maximum Gasteiger partial charge on any atom is 0.303 e. The lowest BCUT2D eigenvalue weighted by Gasteiger charge is -2.11. The Morgan fingerprint density at radius 3 is 2.20 bits per heavy atom. The molecule has 20 heavy (non-hydrogen) atoms. The number of hydrogen-bond donors (Lipinski definition) is 2. The first kappa shape index (κ1) is 16.2. The van der Waals surface area contributed by atoms with Gasteiger partial charge in [0.25, 0.3) is 5.91 Å². The first-order valence-corrected chi connectivity index (χ1v) is 6.99. The molecule has 1 aromatic carbocycles. The molecule has 0 aliphatic heterocycles. The van der Waals surface area contributed by atoms with Gasteiger partial charge in [0.2, 0.25) is 0 Å². The topological polar surface area (TPSA) is 66.4 Å². The van der Waals surface area contributed by atoms with Gasteiger partial charge in [0, 0.05) is 18.5 Å². The van der Waals surface area contributed by atoms with Crippen LogP contribution in [0.25, 0.3) is 0 Å². The summed E-state index contributed by atoms with van der Waals surface area (Å²) < 4.78 is 0. The van der Waals surface area contributed by atoms with Gasteiger partial charge in [0.05, 0.1) is 0 Å². The van der Waals surface area contributed by atoms with Gasteiger partial charge in [-0.2, -0.15) is 0 Å². The van der Waals surface area contributed by atoms with E-state index in [-0.39, 0.29) is 12.3 Å². The number of amides is 1. The number of nitrogens with one attached hydrogen (secondary N) is 1. The minimum absolute atomic E-state index is 0.0433. The maximum absolute atomic E-state index is 12.1. The number of aryl methyl sites for hydroxylation is 3. The van der Waals surface area contributed by atoms with Gasteiger partial charge in [-0.05, 0) is 44.7 Å². The third-order valence-electron chi connectivity index (χ3n) is 3.26. The Labute approximate surface area is 120 Å². The fourth-order valence-electron chi connectivity index (χ4n) is 2.41. The Kier molecular flexibility index (Phi) is 6.22. The molecule has 0 aromatic heterocycles. The van der Waals surface area contributed by atoms with Crippen LogP contribution in [0.1, 0.15) is 52.7 Å². The Morgan fingerprint density at radius 1 is 1.05 bits per heavy atom. The van der Waals surface area contributed by atoms with E-state index in [1.807, 2.05) is 32.9 Å². The fourth-order valence-corrected chi connectivity index (χ4v) is 2.41. The van der Waals surface area contributed by atoms with Gasteiger partial charge in [-0.3, -0.25) is 9.59 Å². The van der Waals surface area contributed by atoms with Crippen LogP contribution in [0.3, 0.4) is 0 Å². The highest BCUT2D eigenvalue weighted by atomic mass is 16.4. The van der Waals surface area contributed by atoms with Crippen LogP contribution in [0.4, 0.5) is 0 Å². The zero-order chi connectivity index (χ0) is 15.1. The molecular formula is C16H23NO3. The van der Waals surface area contributed by atoms with E-state index < -0.39 is 5.97 Å². The fraction of sp³-hybridized carbons (Fsp3) is 0.500. The van der Waals surface area contributed by atoms with Crippen molar-refractivity contribution in [3.8, 4) is 0 Å². The quantitative estimate of drug-likeness (QED) is 0.753. The summed E-state index contributed by atoms with van der Waals surface area (Å²) in [4.78, 5) is 22.5. The van der Waals surface area contributed by atoms with Crippen molar-refractivity contribution in [2.45, 2.75) is 46.5 Å². The van der Waals surface area contributed by atoms with Crippen molar-refractivity contribution < 1.29 is 14.7 Å². The molecule has 0 saturated heterocycles. The zero-order valence-electron chi connectivity index (χ0n) is 12.5. The molecule has 2 N–H and O–H groups in total. The molecule has 0 atom stereocenters. The Morgan fingerprint density at radius 2 is 1.65 bits per heavy atom. The summed E-state index contributed by atoms with van der Waals surface area (Å²) in [5, 5.41) is 11.4. The number of carboxylic acids is 1. The van der Waals surface area contributed by atoms with E-state index in [1.165, 1.54) is 0 Å². The standard InChI is InChI=1S/C16H23NO3/c1-11-9-12(2)15(13(3)10-11)16(20)17-8-6-4-5-7-14(18)19/h9-10H,4-8H2,1-3H3,(H,17,20)(H,18,19). The molecule has 0 aliphatic carbocycles. The second-order valence-corrected chi connectivity index (χ2v) is 5.23. The van der Waals surface area contributed by atoms with Crippen LogP contribution in [0.15, 0.2) is 12.1 Å². The van der Waals surface area contributed by atoms with Gasteiger partial charge >= 0.3 is 5.97 Å². The summed E-state index contributed by atoms with van der Waals surface area (Å²) in [6, 6.07) is 4.02. The molecule has 1 amide bonds. The summed E-state index contributed by atoms with van der Waals surface area (Å²) >= 11 is 0. The van der Waals surface area contributed by atoms with Crippen LogP contribution in [0, 0.1) is 20.8 Å². The number of carbonyl (C=O) groups is 2. The van der Waals surface area contributed by atoms with Crippen molar-refractivity contribution in [1.29, 1.82) is 0 Å². The zero-order valence-corrected chi connectivity index (χ0v) is 12.5. The van der Waals surface area contributed by atoms with Crippen LogP contribution in [-0.2, 0) is 4.79 Å². The lowest BCUT2D eigenvalue weighted by Crippen LogP contribution is -2.26. The third kappa shape index (κ3) is 5.03. The van der Waals surface area contributed by atoms with Crippen molar-refractivity contribution >= 4 is 11.9 Å². The molecule has 1 aromatic rings. The molecule has 4 nitrogen and oxygen atoms in total. The predicted molar refractivity (Wildman–Crippen MR) is 79.1 cm³/mol. The van der Waals surface area contributed by atoms with Crippen LogP contribution in [-0.4, -0.2) is 23.5 Å². The van der Waals surface area contributed by atoms with E-state index in [2.05, 4.69) is 5.32 Å². The Balaban J connectivity index is 2.42. The molecule has 0 spiro atoms. The van der Waals surface area contributed by atoms with E-state index in [0.29, 0.717) is 13.0 Å². The monoisotopic (exact) mass is 277 g/mol. The smallest absolute Gasteiger partial charge is 0.303 e. The van der Waals surface area contributed by atoms with E-state index in [4.69, 9.17) is 5.11 Å². The first-order valence-electron chi connectivity index (χ1n) is 6.99. The Bertz CT molecular complexity index is 471. The van der Waals surface area contributed by atoms with E-state index in [9.17, 15) is 9.59 Å².